The van der Waals surface area contributed by atoms with Gasteiger partial charge < -0.3 is 5.32 Å². The van der Waals surface area contributed by atoms with Crippen LogP contribution in [0.1, 0.15) is 44.2 Å². The van der Waals surface area contributed by atoms with Crippen molar-refractivity contribution < 1.29 is 22.4 Å². The van der Waals surface area contributed by atoms with Crippen LogP contribution in [0.4, 0.5) is 23.2 Å². The number of halogens is 4. The molecular weight excluding hydrogens is 364 g/mol. The molecule has 0 bridgehead atoms. The van der Waals surface area contributed by atoms with Gasteiger partial charge in [0.25, 0.3) is 0 Å². The summed E-state index contributed by atoms with van der Waals surface area (Å²) in [6.45, 7) is 0. The summed E-state index contributed by atoms with van der Waals surface area (Å²) in [5.74, 6) is -1.08. The van der Waals surface area contributed by atoms with Crippen molar-refractivity contribution >= 4 is 11.6 Å². The normalized spacial score (nSPS) is 15.1. The lowest BCUT2D eigenvalue weighted by Crippen LogP contribution is -2.19. The minimum atomic E-state index is -4.80. The van der Waals surface area contributed by atoms with Crippen LogP contribution in [-0.2, 0) is 11.0 Å². The molecule has 9 heteroatoms. The number of carbonyl (C=O) groups is 1. The first kappa shape index (κ1) is 19.2. The summed E-state index contributed by atoms with van der Waals surface area (Å²) in [6.07, 6.45) is 3.37. The molecule has 1 amide bonds. The Kier molecular flexibility index (Phi) is 5.67. The number of anilines is 1. The highest BCUT2D eigenvalue weighted by molar-refractivity contribution is 5.91. The molecule has 1 N–H and O–H groups in total. The van der Waals surface area contributed by atoms with Gasteiger partial charge in [-0.05, 0) is 18.4 Å². The van der Waals surface area contributed by atoms with E-state index in [-0.39, 0.29) is 17.8 Å². The molecule has 1 aliphatic rings. The number of carbonyl (C=O) groups excluding carboxylic acids is 1. The molecule has 1 fully saturated rings. The fourth-order valence-corrected chi connectivity index (χ4v) is 3.21. The van der Waals surface area contributed by atoms with Crippen molar-refractivity contribution in [3.8, 4) is 11.4 Å². The lowest BCUT2D eigenvalue weighted by Gasteiger charge is -2.14. The Morgan fingerprint density at radius 1 is 1.19 bits per heavy atom. The standard InChI is InChI=1S/C18H18F4N4O/c19-13-7-12(8-23-9-13)17-24-10-14(16(26-17)18(20,21)22)25-15(27)6-5-11-3-1-2-4-11/h7-11H,1-6H2,(H,25,27). The van der Waals surface area contributed by atoms with E-state index in [9.17, 15) is 22.4 Å². The van der Waals surface area contributed by atoms with Crippen LogP contribution in [0.5, 0.6) is 0 Å². The Labute approximate surface area is 153 Å². The number of rotatable bonds is 5. The van der Waals surface area contributed by atoms with Crippen molar-refractivity contribution in [2.24, 2.45) is 5.92 Å². The monoisotopic (exact) mass is 382 g/mol. The van der Waals surface area contributed by atoms with Crippen LogP contribution in [0.15, 0.2) is 24.7 Å². The number of hydrogen-bond acceptors (Lipinski definition) is 4. The second kappa shape index (κ2) is 7.98. The maximum atomic E-state index is 13.4. The van der Waals surface area contributed by atoms with Crippen molar-refractivity contribution in [3.63, 3.8) is 0 Å². The molecule has 0 spiro atoms. The van der Waals surface area contributed by atoms with Crippen LogP contribution < -0.4 is 5.32 Å². The van der Waals surface area contributed by atoms with Crippen LogP contribution >= 0.6 is 0 Å². The second-order valence-electron chi connectivity index (χ2n) is 6.58. The Bertz CT molecular complexity index is 819. The number of hydrogen-bond donors (Lipinski definition) is 1. The summed E-state index contributed by atoms with van der Waals surface area (Å²) in [5, 5.41) is 2.26. The van der Waals surface area contributed by atoms with Crippen LogP contribution in [0.2, 0.25) is 0 Å². The Balaban J connectivity index is 1.78. The topological polar surface area (TPSA) is 67.8 Å². The first-order valence-corrected chi connectivity index (χ1v) is 8.68. The van der Waals surface area contributed by atoms with Gasteiger partial charge in [0.1, 0.15) is 5.82 Å². The molecule has 2 aromatic rings. The zero-order chi connectivity index (χ0) is 19.4. The number of pyridine rings is 1. The fraction of sp³-hybridized carbons (Fsp3) is 0.444. The third kappa shape index (κ3) is 4.99. The largest absolute Gasteiger partial charge is 0.435 e. The molecule has 3 rings (SSSR count). The van der Waals surface area contributed by atoms with E-state index >= 15 is 0 Å². The molecule has 2 aromatic heterocycles. The summed E-state index contributed by atoms with van der Waals surface area (Å²) in [7, 11) is 0. The minimum Gasteiger partial charge on any atom is -0.323 e. The smallest absolute Gasteiger partial charge is 0.323 e. The summed E-state index contributed by atoms with van der Waals surface area (Å²) in [6, 6.07) is 0.988. The lowest BCUT2D eigenvalue weighted by atomic mass is 10.0. The highest BCUT2D eigenvalue weighted by atomic mass is 19.4. The highest BCUT2D eigenvalue weighted by Gasteiger charge is 2.37. The molecule has 1 saturated carbocycles. The van der Waals surface area contributed by atoms with Crippen LogP contribution in [0.25, 0.3) is 11.4 Å². The number of aromatic nitrogens is 3. The summed E-state index contributed by atoms with van der Waals surface area (Å²) < 4.78 is 53.4. The Hall–Kier alpha value is -2.58. The third-order valence-corrected chi connectivity index (χ3v) is 4.55. The van der Waals surface area contributed by atoms with E-state index in [2.05, 4.69) is 20.3 Å². The zero-order valence-electron chi connectivity index (χ0n) is 14.4. The predicted molar refractivity (Wildman–Crippen MR) is 90.0 cm³/mol. The Morgan fingerprint density at radius 3 is 2.59 bits per heavy atom. The Morgan fingerprint density at radius 2 is 1.93 bits per heavy atom. The van der Waals surface area contributed by atoms with Gasteiger partial charge in [0.15, 0.2) is 11.5 Å². The van der Waals surface area contributed by atoms with Gasteiger partial charge >= 0.3 is 6.18 Å². The van der Waals surface area contributed by atoms with Crippen molar-refractivity contribution in [1.82, 2.24) is 15.0 Å². The van der Waals surface area contributed by atoms with Gasteiger partial charge in [-0.25, -0.2) is 14.4 Å². The van der Waals surface area contributed by atoms with Gasteiger partial charge in [-0.3, -0.25) is 9.78 Å². The van der Waals surface area contributed by atoms with E-state index in [4.69, 9.17) is 0 Å². The summed E-state index contributed by atoms with van der Waals surface area (Å²) in [4.78, 5) is 22.9. The average molecular weight is 382 g/mol. The summed E-state index contributed by atoms with van der Waals surface area (Å²) >= 11 is 0. The fourth-order valence-electron chi connectivity index (χ4n) is 3.21. The quantitative estimate of drug-likeness (QED) is 0.767. The van der Waals surface area contributed by atoms with E-state index in [0.29, 0.717) is 12.3 Å². The van der Waals surface area contributed by atoms with Gasteiger partial charge in [0.2, 0.25) is 5.91 Å². The highest BCUT2D eigenvalue weighted by Crippen LogP contribution is 2.34. The summed E-state index contributed by atoms with van der Waals surface area (Å²) in [5.41, 5.74) is -1.77. The third-order valence-electron chi connectivity index (χ3n) is 4.55. The lowest BCUT2D eigenvalue weighted by molar-refractivity contribution is -0.140. The van der Waals surface area contributed by atoms with Crippen molar-refractivity contribution in [1.29, 1.82) is 0 Å². The van der Waals surface area contributed by atoms with E-state index in [0.717, 1.165) is 44.1 Å². The molecule has 0 saturated heterocycles. The predicted octanol–water partition coefficient (Wildman–Crippen LogP) is 4.61. The number of nitrogens with one attached hydrogen (secondary N) is 1. The molecule has 0 radical (unpaired) electrons. The second-order valence-corrected chi connectivity index (χ2v) is 6.58. The van der Waals surface area contributed by atoms with Crippen molar-refractivity contribution in [2.45, 2.75) is 44.7 Å². The number of alkyl halides is 3. The van der Waals surface area contributed by atoms with Gasteiger partial charge in [0.05, 0.1) is 18.1 Å². The molecule has 5 nitrogen and oxygen atoms in total. The molecular formula is C18H18F4N4O. The van der Waals surface area contributed by atoms with Gasteiger partial charge in [0, 0.05) is 18.2 Å². The minimum absolute atomic E-state index is 0.0135. The van der Waals surface area contributed by atoms with Gasteiger partial charge in [-0.1, -0.05) is 25.7 Å². The first-order chi connectivity index (χ1) is 12.8. The van der Waals surface area contributed by atoms with Crippen molar-refractivity contribution in [2.75, 3.05) is 5.32 Å². The van der Waals surface area contributed by atoms with Crippen molar-refractivity contribution in [3.05, 3.63) is 36.2 Å². The molecule has 144 valence electrons. The van der Waals surface area contributed by atoms with Gasteiger partial charge in [-0.15, -0.1) is 0 Å². The zero-order valence-corrected chi connectivity index (χ0v) is 14.4. The molecule has 0 unspecified atom stereocenters. The average Bonchev–Trinajstić information content (AvgIpc) is 3.13. The van der Waals surface area contributed by atoms with E-state index < -0.39 is 29.3 Å². The van der Waals surface area contributed by atoms with E-state index in [1.54, 1.807) is 0 Å². The maximum Gasteiger partial charge on any atom is 0.435 e. The first-order valence-electron chi connectivity index (χ1n) is 8.68. The molecule has 0 atom stereocenters. The molecule has 1 aliphatic carbocycles. The van der Waals surface area contributed by atoms with E-state index in [1.165, 1.54) is 6.20 Å². The molecule has 0 aromatic carbocycles. The van der Waals surface area contributed by atoms with Crippen LogP contribution in [-0.4, -0.2) is 20.9 Å². The number of amides is 1. The molecule has 27 heavy (non-hydrogen) atoms. The van der Waals surface area contributed by atoms with Crippen LogP contribution in [0, 0.1) is 11.7 Å². The van der Waals surface area contributed by atoms with Gasteiger partial charge in [-0.2, -0.15) is 13.2 Å². The number of nitrogens with zero attached hydrogens (tertiary/aromatic N) is 3. The van der Waals surface area contributed by atoms with E-state index in [1.807, 2.05) is 0 Å². The maximum absolute atomic E-state index is 13.4. The molecule has 0 aliphatic heterocycles. The van der Waals surface area contributed by atoms with Crippen LogP contribution in [0.3, 0.4) is 0 Å². The molecule has 2 heterocycles. The SMILES string of the molecule is O=C(CCC1CCCC1)Nc1cnc(-c2cncc(F)c2)nc1C(F)(F)F.